The van der Waals surface area contributed by atoms with E-state index >= 15 is 0 Å². The van der Waals surface area contributed by atoms with Gasteiger partial charge >= 0.3 is 0 Å². The standard InChI is InChI=1S/C10H11N5O3/c1-7-4-8(6-9(5-7)15(17)18)10(16)12-2-3-13-14-11/h4-6H,2-3H2,1H3,(H,12,16). The summed E-state index contributed by atoms with van der Waals surface area (Å²) in [4.78, 5) is 24.3. The third-order valence-electron chi connectivity index (χ3n) is 2.10. The highest BCUT2D eigenvalue weighted by molar-refractivity contribution is 5.95. The number of aryl methyl sites for hydroxylation is 1. The molecule has 1 rings (SSSR count). The van der Waals surface area contributed by atoms with Crippen molar-refractivity contribution < 1.29 is 9.72 Å². The summed E-state index contributed by atoms with van der Waals surface area (Å²) in [5.74, 6) is -0.435. The first-order valence-corrected chi connectivity index (χ1v) is 5.09. The molecule has 0 aliphatic heterocycles. The smallest absolute Gasteiger partial charge is 0.270 e. The number of rotatable bonds is 5. The molecule has 0 aromatic heterocycles. The lowest BCUT2D eigenvalue weighted by Crippen LogP contribution is -2.26. The SMILES string of the molecule is Cc1cc(C(=O)NCCN=[N+]=[N-])cc([N+](=O)[O-])c1. The van der Waals surface area contributed by atoms with Gasteiger partial charge in [-0.25, -0.2) is 0 Å². The zero-order valence-electron chi connectivity index (χ0n) is 9.66. The highest BCUT2D eigenvalue weighted by atomic mass is 16.6. The van der Waals surface area contributed by atoms with Crippen LogP contribution in [0.25, 0.3) is 10.4 Å². The number of hydrogen-bond acceptors (Lipinski definition) is 4. The molecule has 0 fully saturated rings. The van der Waals surface area contributed by atoms with Gasteiger partial charge in [0.05, 0.1) is 4.92 Å². The maximum absolute atomic E-state index is 11.7. The fraction of sp³-hybridized carbons (Fsp3) is 0.300. The minimum absolute atomic E-state index is 0.129. The lowest BCUT2D eigenvalue weighted by Gasteiger charge is -2.04. The number of nitrogens with one attached hydrogen (secondary N) is 1. The summed E-state index contributed by atoms with van der Waals surface area (Å²) in [5, 5.41) is 16.4. The molecule has 0 heterocycles. The van der Waals surface area contributed by atoms with Crippen molar-refractivity contribution in [2.75, 3.05) is 13.1 Å². The van der Waals surface area contributed by atoms with Crippen molar-refractivity contribution in [2.45, 2.75) is 6.92 Å². The number of benzene rings is 1. The van der Waals surface area contributed by atoms with E-state index in [-0.39, 0.29) is 24.3 Å². The van der Waals surface area contributed by atoms with Crippen molar-refractivity contribution in [3.63, 3.8) is 0 Å². The van der Waals surface area contributed by atoms with Crippen LogP contribution in [0.4, 0.5) is 5.69 Å². The average Bonchev–Trinajstić information content (AvgIpc) is 2.33. The summed E-state index contributed by atoms with van der Waals surface area (Å²) in [7, 11) is 0. The van der Waals surface area contributed by atoms with Gasteiger partial charge in [0.15, 0.2) is 0 Å². The highest BCUT2D eigenvalue weighted by Gasteiger charge is 2.12. The summed E-state index contributed by atoms with van der Waals surface area (Å²) in [5.41, 5.74) is 8.76. The van der Waals surface area contributed by atoms with Gasteiger partial charge in [0.25, 0.3) is 11.6 Å². The Morgan fingerprint density at radius 2 is 2.28 bits per heavy atom. The third kappa shape index (κ3) is 3.76. The molecule has 0 atom stereocenters. The van der Waals surface area contributed by atoms with Crippen LogP contribution in [0.5, 0.6) is 0 Å². The molecule has 1 N–H and O–H groups in total. The molecule has 1 aromatic carbocycles. The van der Waals surface area contributed by atoms with E-state index in [4.69, 9.17) is 5.53 Å². The molecular formula is C10H11N5O3. The second-order valence-corrected chi connectivity index (χ2v) is 3.52. The lowest BCUT2D eigenvalue weighted by molar-refractivity contribution is -0.384. The van der Waals surface area contributed by atoms with Crippen molar-refractivity contribution in [1.82, 2.24) is 5.32 Å². The quantitative estimate of drug-likeness (QED) is 0.214. The van der Waals surface area contributed by atoms with Gasteiger partial charge in [0, 0.05) is 35.7 Å². The monoisotopic (exact) mass is 249 g/mol. The molecule has 0 unspecified atom stereocenters. The van der Waals surface area contributed by atoms with Crippen molar-refractivity contribution in [1.29, 1.82) is 0 Å². The van der Waals surface area contributed by atoms with Crippen LogP contribution in [0.2, 0.25) is 0 Å². The molecule has 8 nitrogen and oxygen atoms in total. The lowest BCUT2D eigenvalue weighted by atomic mass is 10.1. The van der Waals surface area contributed by atoms with E-state index in [0.29, 0.717) is 5.56 Å². The first-order chi connectivity index (χ1) is 8.54. The fourth-order valence-corrected chi connectivity index (χ4v) is 1.37. The molecule has 0 aliphatic carbocycles. The first kappa shape index (κ1) is 13.5. The molecule has 0 radical (unpaired) electrons. The second kappa shape index (κ2) is 6.21. The molecule has 1 amide bonds. The molecule has 0 spiro atoms. The molecule has 0 saturated carbocycles. The normalized spacial score (nSPS) is 9.39. The topological polar surface area (TPSA) is 121 Å². The maximum atomic E-state index is 11.7. The van der Waals surface area contributed by atoms with Gasteiger partial charge in [-0.15, -0.1) is 0 Å². The van der Waals surface area contributed by atoms with Crippen LogP contribution in [0, 0.1) is 17.0 Å². The van der Waals surface area contributed by atoms with Gasteiger partial charge in [-0.2, -0.15) is 0 Å². The summed E-state index contributed by atoms with van der Waals surface area (Å²) in [6.07, 6.45) is 0. The van der Waals surface area contributed by atoms with Crippen molar-refractivity contribution in [3.05, 3.63) is 49.9 Å². The highest BCUT2D eigenvalue weighted by Crippen LogP contribution is 2.16. The first-order valence-electron chi connectivity index (χ1n) is 5.09. The molecule has 0 bridgehead atoms. The zero-order valence-corrected chi connectivity index (χ0v) is 9.66. The van der Waals surface area contributed by atoms with E-state index in [9.17, 15) is 14.9 Å². The summed E-state index contributed by atoms with van der Waals surface area (Å²) in [6, 6.07) is 4.14. The maximum Gasteiger partial charge on any atom is 0.270 e. The van der Waals surface area contributed by atoms with Crippen LogP contribution >= 0.6 is 0 Å². The van der Waals surface area contributed by atoms with Crippen LogP contribution in [-0.2, 0) is 0 Å². The Balaban J connectivity index is 2.79. The van der Waals surface area contributed by atoms with Crippen LogP contribution in [0.15, 0.2) is 23.3 Å². The summed E-state index contributed by atoms with van der Waals surface area (Å²) >= 11 is 0. The van der Waals surface area contributed by atoms with Gasteiger partial charge in [-0.05, 0) is 24.1 Å². The Labute approximate surface area is 102 Å². The van der Waals surface area contributed by atoms with Crippen molar-refractivity contribution in [3.8, 4) is 0 Å². The third-order valence-corrected chi connectivity index (χ3v) is 2.10. The number of non-ortho nitro benzene ring substituents is 1. The molecule has 0 aliphatic rings. The van der Waals surface area contributed by atoms with Gasteiger partial charge in [0.2, 0.25) is 0 Å². The van der Waals surface area contributed by atoms with Gasteiger partial charge in [-0.1, -0.05) is 5.11 Å². The number of amides is 1. The predicted octanol–water partition coefficient (Wildman–Crippen LogP) is 1.94. The fourth-order valence-electron chi connectivity index (χ4n) is 1.37. The van der Waals surface area contributed by atoms with E-state index in [1.807, 2.05) is 0 Å². The number of carbonyl (C=O) groups excluding carboxylic acids is 1. The molecule has 1 aromatic rings. The van der Waals surface area contributed by atoms with Crippen LogP contribution < -0.4 is 5.32 Å². The number of nitro groups is 1. The minimum atomic E-state index is -0.552. The van der Waals surface area contributed by atoms with E-state index < -0.39 is 10.8 Å². The van der Waals surface area contributed by atoms with E-state index in [0.717, 1.165) is 0 Å². The number of nitro benzene ring substituents is 1. The Kier molecular flexibility index (Phi) is 4.65. The Morgan fingerprint density at radius 3 is 2.89 bits per heavy atom. The minimum Gasteiger partial charge on any atom is -0.352 e. The Morgan fingerprint density at radius 1 is 1.56 bits per heavy atom. The zero-order chi connectivity index (χ0) is 13.5. The van der Waals surface area contributed by atoms with Crippen molar-refractivity contribution >= 4 is 11.6 Å². The molecule has 0 saturated heterocycles. The largest absolute Gasteiger partial charge is 0.352 e. The Hall–Kier alpha value is -2.60. The predicted molar refractivity (Wildman–Crippen MR) is 64.2 cm³/mol. The number of nitrogens with zero attached hydrogens (tertiary/aromatic N) is 4. The van der Waals surface area contributed by atoms with E-state index in [1.165, 1.54) is 12.1 Å². The average molecular weight is 249 g/mol. The van der Waals surface area contributed by atoms with Gasteiger partial charge in [-0.3, -0.25) is 14.9 Å². The second-order valence-electron chi connectivity index (χ2n) is 3.52. The van der Waals surface area contributed by atoms with E-state index in [1.54, 1.807) is 13.0 Å². The molecule has 18 heavy (non-hydrogen) atoms. The van der Waals surface area contributed by atoms with Gasteiger partial charge in [0.1, 0.15) is 0 Å². The van der Waals surface area contributed by atoms with Crippen molar-refractivity contribution in [2.24, 2.45) is 5.11 Å². The molecule has 94 valence electrons. The molecule has 8 heteroatoms. The number of carbonyl (C=O) groups is 1. The van der Waals surface area contributed by atoms with E-state index in [2.05, 4.69) is 15.3 Å². The van der Waals surface area contributed by atoms with Crippen LogP contribution in [0.1, 0.15) is 15.9 Å². The van der Waals surface area contributed by atoms with Gasteiger partial charge < -0.3 is 5.32 Å². The molecular weight excluding hydrogens is 238 g/mol. The summed E-state index contributed by atoms with van der Waals surface area (Å²) < 4.78 is 0. The number of hydrogen-bond donors (Lipinski definition) is 1. The number of azide groups is 1. The Bertz CT molecular complexity index is 522. The van der Waals surface area contributed by atoms with Crippen LogP contribution in [0.3, 0.4) is 0 Å². The summed E-state index contributed by atoms with van der Waals surface area (Å²) in [6.45, 7) is 1.99. The van der Waals surface area contributed by atoms with Crippen LogP contribution in [-0.4, -0.2) is 23.9 Å².